The van der Waals surface area contributed by atoms with Gasteiger partial charge in [-0.3, -0.25) is 14.5 Å². The topological polar surface area (TPSA) is 40.6 Å². The van der Waals surface area contributed by atoms with E-state index in [1.807, 2.05) is 37.3 Å². The monoisotopic (exact) mass is 460 g/mol. The number of anilines is 1. The van der Waals surface area contributed by atoms with Gasteiger partial charge in [0.05, 0.1) is 17.0 Å². The van der Waals surface area contributed by atoms with Gasteiger partial charge in [0.2, 0.25) is 0 Å². The van der Waals surface area contributed by atoms with Crippen molar-refractivity contribution in [1.82, 2.24) is 4.90 Å². The molecule has 0 unspecified atom stereocenters. The standard InChI is InChI=1S/C28H32N2O2S/c1-7-12-30-24-13-19(3)22(14-23(24)20(4)16-28(30,5)6)15-25-26(31)29(27(32)33-25)17-21-10-8-18(2)9-11-21/h8-11,13-16H,7,12,17H2,1-6H3/b25-15+. The summed E-state index contributed by atoms with van der Waals surface area (Å²) in [5.41, 5.74) is 7.82. The Morgan fingerprint density at radius 2 is 1.73 bits per heavy atom. The molecule has 1 fully saturated rings. The smallest absolute Gasteiger partial charge is 0.293 e. The van der Waals surface area contributed by atoms with Crippen LogP contribution in [0.4, 0.5) is 10.5 Å². The van der Waals surface area contributed by atoms with Crippen molar-refractivity contribution in [2.24, 2.45) is 0 Å². The summed E-state index contributed by atoms with van der Waals surface area (Å²) in [4.78, 5) is 30.0. The molecule has 2 aromatic rings. The van der Waals surface area contributed by atoms with Crippen molar-refractivity contribution in [3.8, 4) is 0 Å². The van der Waals surface area contributed by atoms with Crippen LogP contribution in [0.1, 0.15) is 61.9 Å². The van der Waals surface area contributed by atoms with Crippen molar-refractivity contribution in [1.29, 1.82) is 0 Å². The van der Waals surface area contributed by atoms with E-state index < -0.39 is 0 Å². The largest absolute Gasteiger partial charge is 0.362 e. The molecule has 33 heavy (non-hydrogen) atoms. The number of imide groups is 1. The molecule has 2 heterocycles. The Bertz CT molecular complexity index is 1180. The maximum absolute atomic E-state index is 13.1. The molecule has 0 aromatic heterocycles. The van der Waals surface area contributed by atoms with E-state index in [-0.39, 0.29) is 16.7 Å². The fourth-order valence-corrected chi connectivity index (χ4v) is 5.52. The molecule has 2 aliphatic heterocycles. The van der Waals surface area contributed by atoms with E-state index in [0.717, 1.165) is 47.0 Å². The number of carbonyl (C=O) groups excluding carboxylic acids is 2. The first-order chi connectivity index (χ1) is 15.6. The van der Waals surface area contributed by atoms with Gasteiger partial charge < -0.3 is 4.90 Å². The van der Waals surface area contributed by atoms with Gasteiger partial charge in [-0.05, 0) is 93.3 Å². The van der Waals surface area contributed by atoms with Crippen LogP contribution in [0.25, 0.3) is 11.6 Å². The number of thioether (sulfide) groups is 1. The molecule has 0 N–H and O–H groups in total. The summed E-state index contributed by atoms with van der Waals surface area (Å²) in [6, 6.07) is 12.3. The summed E-state index contributed by atoms with van der Waals surface area (Å²) in [5, 5.41) is -0.214. The molecule has 4 nitrogen and oxygen atoms in total. The van der Waals surface area contributed by atoms with Gasteiger partial charge in [-0.2, -0.15) is 0 Å². The molecular formula is C28H32N2O2S. The van der Waals surface area contributed by atoms with E-state index in [0.29, 0.717) is 11.4 Å². The highest BCUT2D eigenvalue weighted by atomic mass is 32.2. The minimum absolute atomic E-state index is 0.0420. The summed E-state index contributed by atoms with van der Waals surface area (Å²) in [7, 11) is 0. The fraction of sp³-hybridized carbons (Fsp3) is 0.357. The highest BCUT2D eigenvalue weighted by Crippen LogP contribution is 2.41. The van der Waals surface area contributed by atoms with Crippen molar-refractivity contribution < 1.29 is 9.59 Å². The van der Waals surface area contributed by atoms with Crippen molar-refractivity contribution in [2.75, 3.05) is 11.4 Å². The van der Waals surface area contributed by atoms with Crippen molar-refractivity contribution in [3.63, 3.8) is 0 Å². The lowest BCUT2D eigenvalue weighted by Gasteiger charge is -2.43. The molecule has 0 saturated carbocycles. The second-order valence-corrected chi connectivity index (χ2v) is 10.6. The Morgan fingerprint density at radius 3 is 2.39 bits per heavy atom. The van der Waals surface area contributed by atoms with Crippen LogP contribution >= 0.6 is 11.8 Å². The molecule has 0 radical (unpaired) electrons. The first-order valence-electron chi connectivity index (χ1n) is 11.5. The number of hydrogen-bond acceptors (Lipinski definition) is 4. The number of benzene rings is 2. The summed E-state index contributed by atoms with van der Waals surface area (Å²) in [6.45, 7) is 14.2. The van der Waals surface area contributed by atoms with E-state index in [2.05, 4.69) is 57.7 Å². The average molecular weight is 461 g/mol. The molecule has 0 atom stereocenters. The first kappa shape index (κ1) is 23.4. The van der Waals surface area contributed by atoms with Gasteiger partial charge in [0, 0.05) is 17.8 Å². The minimum atomic E-state index is -0.219. The fourth-order valence-electron chi connectivity index (χ4n) is 4.69. The van der Waals surface area contributed by atoms with Crippen molar-refractivity contribution in [2.45, 2.75) is 60.0 Å². The second kappa shape index (κ2) is 8.86. The molecule has 4 rings (SSSR count). The predicted molar refractivity (Wildman–Crippen MR) is 139 cm³/mol. The molecule has 1 saturated heterocycles. The van der Waals surface area contributed by atoms with E-state index >= 15 is 0 Å². The van der Waals surface area contributed by atoms with Crippen LogP contribution in [0.5, 0.6) is 0 Å². The Hall–Kier alpha value is -2.79. The SMILES string of the molecule is CCCN1c2cc(C)c(/C=C3/SC(=O)N(Cc4ccc(C)cc4)C3=O)cc2C(C)=CC1(C)C. The van der Waals surface area contributed by atoms with Crippen LogP contribution in [-0.4, -0.2) is 28.1 Å². The third kappa shape index (κ3) is 4.51. The molecule has 5 heteroatoms. The van der Waals surface area contributed by atoms with Gasteiger partial charge in [0.15, 0.2) is 0 Å². The lowest BCUT2D eigenvalue weighted by Crippen LogP contribution is -2.45. The molecule has 0 bridgehead atoms. The van der Waals surface area contributed by atoms with Crippen LogP contribution in [0, 0.1) is 13.8 Å². The van der Waals surface area contributed by atoms with Crippen molar-refractivity contribution in [3.05, 3.63) is 75.2 Å². The zero-order valence-electron chi connectivity index (χ0n) is 20.4. The predicted octanol–water partition coefficient (Wildman–Crippen LogP) is 6.95. The maximum Gasteiger partial charge on any atom is 0.293 e. The van der Waals surface area contributed by atoms with Gasteiger partial charge in [0.1, 0.15) is 0 Å². The number of allylic oxidation sites excluding steroid dienone is 1. The summed E-state index contributed by atoms with van der Waals surface area (Å²) in [5.74, 6) is -0.219. The molecular weight excluding hydrogens is 428 g/mol. The molecule has 2 amide bonds. The van der Waals surface area contributed by atoms with Crippen LogP contribution in [0.15, 0.2) is 47.4 Å². The Kier molecular flexibility index (Phi) is 6.28. The zero-order valence-corrected chi connectivity index (χ0v) is 21.2. The Morgan fingerprint density at radius 1 is 1.03 bits per heavy atom. The summed E-state index contributed by atoms with van der Waals surface area (Å²) < 4.78 is 0. The lowest BCUT2D eigenvalue weighted by atomic mass is 9.86. The van der Waals surface area contributed by atoms with Gasteiger partial charge in [-0.15, -0.1) is 0 Å². The van der Waals surface area contributed by atoms with Gasteiger partial charge in [-0.25, -0.2) is 0 Å². The van der Waals surface area contributed by atoms with E-state index in [1.165, 1.54) is 21.7 Å². The van der Waals surface area contributed by atoms with Crippen molar-refractivity contribution >= 4 is 40.2 Å². The van der Waals surface area contributed by atoms with Gasteiger partial charge in [-0.1, -0.05) is 42.8 Å². The summed E-state index contributed by atoms with van der Waals surface area (Å²) >= 11 is 1.03. The van der Waals surface area contributed by atoms with Crippen LogP contribution in [0.2, 0.25) is 0 Å². The third-order valence-corrected chi connectivity index (χ3v) is 7.34. The number of aryl methyl sites for hydroxylation is 2. The highest BCUT2D eigenvalue weighted by molar-refractivity contribution is 8.18. The highest BCUT2D eigenvalue weighted by Gasteiger charge is 2.35. The number of fused-ring (bicyclic) bond motifs is 1. The quantitative estimate of drug-likeness (QED) is 0.453. The van der Waals surface area contributed by atoms with E-state index in [4.69, 9.17) is 0 Å². The van der Waals surface area contributed by atoms with Gasteiger partial charge in [0.25, 0.3) is 11.1 Å². The number of carbonyl (C=O) groups is 2. The molecule has 172 valence electrons. The minimum Gasteiger partial charge on any atom is -0.362 e. The molecule has 0 spiro atoms. The van der Waals surface area contributed by atoms with E-state index in [9.17, 15) is 9.59 Å². The zero-order chi connectivity index (χ0) is 23.9. The number of hydrogen-bond donors (Lipinski definition) is 0. The Labute approximate surface area is 201 Å². The van der Waals surface area contributed by atoms with E-state index in [1.54, 1.807) is 0 Å². The van der Waals surface area contributed by atoms with Crippen LogP contribution in [0.3, 0.4) is 0 Å². The molecule has 2 aromatic carbocycles. The normalized spacial score (nSPS) is 18.7. The Balaban J connectivity index is 1.66. The first-order valence-corrected chi connectivity index (χ1v) is 12.4. The molecule has 2 aliphatic rings. The molecule has 0 aliphatic carbocycles. The van der Waals surface area contributed by atoms with Gasteiger partial charge >= 0.3 is 0 Å². The van der Waals surface area contributed by atoms with Crippen LogP contribution < -0.4 is 4.90 Å². The lowest BCUT2D eigenvalue weighted by molar-refractivity contribution is -0.123. The summed E-state index contributed by atoms with van der Waals surface area (Å²) in [6.07, 6.45) is 5.27. The van der Waals surface area contributed by atoms with Crippen LogP contribution in [-0.2, 0) is 11.3 Å². The number of amides is 2. The maximum atomic E-state index is 13.1. The second-order valence-electron chi connectivity index (χ2n) is 9.61. The third-order valence-electron chi connectivity index (χ3n) is 6.43. The number of rotatable bonds is 5. The average Bonchev–Trinajstić information content (AvgIpc) is 3.00. The number of nitrogens with zero attached hydrogens (tertiary/aromatic N) is 2.